The first kappa shape index (κ1) is 21.2. The molecular weight excluding hydrogens is 365 g/mol. The molecule has 0 amide bonds. The SMILES string of the molecule is CCC[C@H]1CC[C@H](C2CCC(C(=O)Oc3ccc(C(F)(F)F)cc3)CC2)CC1. The van der Waals surface area contributed by atoms with Crippen molar-refractivity contribution in [3.05, 3.63) is 29.8 Å². The first-order valence-electron chi connectivity index (χ1n) is 10.8. The number of hydrogen-bond acceptors (Lipinski definition) is 2. The van der Waals surface area contributed by atoms with Gasteiger partial charge in [0.25, 0.3) is 0 Å². The Bertz CT molecular complexity index is 622. The average Bonchev–Trinajstić information content (AvgIpc) is 2.69. The molecule has 0 aliphatic heterocycles. The van der Waals surface area contributed by atoms with Crippen molar-refractivity contribution < 1.29 is 22.7 Å². The number of hydrogen-bond donors (Lipinski definition) is 0. The molecule has 156 valence electrons. The van der Waals surface area contributed by atoms with Crippen LogP contribution >= 0.6 is 0 Å². The lowest BCUT2D eigenvalue weighted by molar-refractivity contribution is -0.140. The maximum atomic E-state index is 12.6. The molecule has 2 aliphatic carbocycles. The van der Waals surface area contributed by atoms with Gasteiger partial charge in [-0.05, 0) is 80.5 Å². The number of carbonyl (C=O) groups is 1. The van der Waals surface area contributed by atoms with Crippen LogP contribution in [0.2, 0.25) is 0 Å². The summed E-state index contributed by atoms with van der Waals surface area (Å²) in [5.74, 6) is 2.20. The third kappa shape index (κ3) is 5.51. The Morgan fingerprint density at radius 1 is 0.929 bits per heavy atom. The van der Waals surface area contributed by atoms with Gasteiger partial charge >= 0.3 is 12.1 Å². The maximum Gasteiger partial charge on any atom is 0.416 e. The second-order valence-electron chi connectivity index (χ2n) is 8.62. The van der Waals surface area contributed by atoms with E-state index in [1.165, 1.54) is 50.7 Å². The van der Waals surface area contributed by atoms with E-state index in [1.54, 1.807) is 0 Å². The molecule has 0 N–H and O–H groups in total. The summed E-state index contributed by atoms with van der Waals surface area (Å²) in [4.78, 5) is 12.4. The van der Waals surface area contributed by atoms with Gasteiger partial charge in [-0.1, -0.05) is 32.6 Å². The number of halogens is 3. The van der Waals surface area contributed by atoms with Crippen LogP contribution in [0.4, 0.5) is 13.2 Å². The number of ether oxygens (including phenoxy) is 1. The van der Waals surface area contributed by atoms with Crippen LogP contribution in [0.25, 0.3) is 0 Å². The standard InChI is InChI=1S/C23H31F3O2/c1-2-3-16-4-6-17(7-5-16)18-8-10-19(11-9-18)22(27)28-21-14-12-20(13-15-21)23(24,25)26/h12-19H,2-11H2,1H3/t16-,17-,18?,19?. The number of rotatable bonds is 5. The van der Waals surface area contributed by atoms with Crippen molar-refractivity contribution >= 4 is 5.97 Å². The molecule has 2 aliphatic rings. The molecule has 0 atom stereocenters. The third-order valence-electron chi connectivity index (χ3n) is 6.76. The van der Waals surface area contributed by atoms with Gasteiger partial charge in [0.05, 0.1) is 11.5 Å². The first-order valence-corrected chi connectivity index (χ1v) is 10.8. The number of alkyl halides is 3. The second kappa shape index (κ2) is 9.32. The molecule has 3 rings (SSSR count). The van der Waals surface area contributed by atoms with Gasteiger partial charge in [-0.2, -0.15) is 13.2 Å². The van der Waals surface area contributed by atoms with E-state index in [2.05, 4.69) is 6.92 Å². The quantitative estimate of drug-likeness (QED) is 0.395. The van der Waals surface area contributed by atoms with Crippen molar-refractivity contribution in [2.75, 3.05) is 0 Å². The molecular formula is C23H31F3O2. The van der Waals surface area contributed by atoms with E-state index in [4.69, 9.17) is 4.74 Å². The van der Waals surface area contributed by atoms with Crippen LogP contribution in [0.15, 0.2) is 24.3 Å². The fourth-order valence-corrected chi connectivity index (χ4v) is 5.09. The molecule has 1 aromatic carbocycles. The molecule has 0 unspecified atom stereocenters. The Kier molecular flexibility index (Phi) is 7.05. The maximum absolute atomic E-state index is 12.6. The van der Waals surface area contributed by atoms with E-state index in [-0.39, 0.29) is 17.6 Å². The molecule has 0 heterocycles. The van der Waals surface area contributed by atoms with Crippen molar-refractivity contribution in [1.82, 2.24) is 0 Å². The topological polar surface area (TPSA) is 26.3 Å². The Hall–Kier alpha value is -1.52. The van der Waals surface area contributed by atoms with Gasteiger partial charge in [-0.3, -0.25) is 4.79 Å². The minimum absolute atomic E-state index is 0.130. The number of benzene rings is 1. The van der Waals surface area contributed by atoms with Gasteiger partial charge in [-0.15, -0.1) is 0 Å². The van der Waals surface area contributed by atoms with E-state index in [1.807, 2.05) is 0 Å². The third-order valence-corrected chi connectivity index (χ3v) is 6.76. The Balaban J connectivity index is 1.44. The molecule has 5 heteroatoms. The summed E-state index contributed by atoms with van der Waals surface area (Å²) in [6, 6.07) is 4.35. The smallest absolute Gasteiger partial charge is 0.416 e. The highest BCUT2D eigenvalue weighted by Gasteiger charge is 2.34. The van der Waals surface area contributed by atoms with Gasteiger partial charge in [-0.25, -0.2) is 0 Å². The Morgan fingerprint density at radius 2 is 1.46 bits per heavy atom. The largest absolute Gasteiger partial charge is 0.426 e. The first-order chi connectivity index (χ1) is 13.4. The van der Waals surface area contributed by atoms with E-state index in [0.29, 0.717) is 0 Å². The molecule has 0 spiro atoms. The summed E-state index contributed by atoms with van der Waals surface area (Å²) in [6.45, 7) is 2.26. The zero-order valence-corrected chi connectivity index (χ0v) is 16.6. The summed E-state index contributed by atoms with van der Waals surface area (Å²) in [5.41, 5.74) is -0.735. The predicted octanol–water partition coefficient (Wildman–Crippen LogP) is 7.02. The molecule has 0 bridgehead atoms. The number of esters is 1. The lowest BCUT2D eigenvalue weighted by atomic mass is 9.69. The van der Waals surface area contributed by atoms with Crippen molar-refractivity contribution in [2.45, 2.75) is 77.3 Å². The zero-order chi connectivity index (χ0) is 20.1. The van der Waals surface area contributed by atoms with E-state index < -0.39 is 11.7 Å². The van der Waals surface area contributed by atoms with Crippen LogP contribution in [0.3, 0.4) is 0 Å². The van der Waals surface area contributed by atoms with Crippen LogP contribution < -0.4 is 4.74 Å². The lowest BCUT2D eigenvalue weighted by Crippen LogP contribution is -2.30. The van der Waals surface area contributed by atoms with Crippen LogP contribution in [-0.4, -0.2) is 5.97 Å². The molecule has 2 saturated carbocycles. The molecule has 1 aromatic rings. The summed E-state index contributed by atoms with van der Waals surface area (Å²) < 4.78 is 43.2. The van der Waals surface area contributed by atoms with Crippen LogP contribution in [0.1, 0.15) is 76.7 Å². The van der Waals surface area contributed by atoms with Gasteiger partial charge in [0.1, 0.15) is 5.75 Å². The molecule has 0 aromatic heterocycles. The van der Waals surface area contributed by atoms with E-state index in [0.717, 1.165) is 55.6 Å². The minimum Gasteiger partial charge on any atom is -0.426 e. The van der Waals surface area contributed by atoms with Crippen LogP contribution in [0.5, 0.6) is 5.75 Å². The summed E-state index contributed by atoms with van der Waals surface area (Å²) >= 11 is 0. The van der Waals surface area contributed by atoms with Crippen LogP contribution in [0, 0.1) is 23.7 Å². The number of carbonyl (C=O) groups excluding carboxylic acids is 1. The fraction of sp³-hybridized carbons (Fsp3) is 0.696. The summed E-state index contributed by atoms with van der Waals surface area (Å²) in [5, 5.41) is 0. The van der Waals surface area contributed by atoms with Crippen molar-refractivity contribution in [3.63, 3.8) is 0 Å². The molecule has 2 fully saturated rings. The van der Waals surface area contributed by atoms with Gasteiger partial charge in [0.15, 0.2) is 0 Å². The van der Waals surface area contributed by atoms with Crippen molar-refractivity contribution in [3.8, 4) is 5.75 Å². The molecule has 0 saturated heterocycles. The van der Waals surface area contributed by atoms with Crippen molar-refractivity contribution in [1.29, 1.82) is 0 Å². The zero-order valence-electron chi connectivity index (χ0n) is 16.6. The van der Waals surface area contributed by atoms with E-state index >= 15 is 0 Å². The average molecular weight is 396 g/mol. The Labute approximate surface area is 165 Å². The molecule has 0 radical (unpaired) electrons. The molecule has 28 heavy (non-hydrogen) atoms. The van der Waals surface area contributed by atoms with Crippen molar-refractivity contribution in [2.24, 2.45) is 23.7 Å². The second-order valence-corrected chi connectivity index (χ2v) is 8.62. The monoisotopic (exact) mass is 396 g/mol. The summed E-state index contributed by atoms with van der Waals surface area (Å²) in [6.07, 6.45) is 7.42. The highest BCUT2D eigenvalue weighted by molar-refractivity contribution is 5.75. The highest BCUT2D eigenvalue weighted by atomic mass is 19.4. The molecule has 2 nitrogen and oxygen atoms in total. The van der Waals surface area contributed by atoms with Crippen LogP contribution in [-0.2, 0) is 11.0 Å². The van der Waals surface area contributed by atoms with E-state index in [9.17, 15) is 18.0 Å². The lowest BCUT2D eigenvalue weighted by Gasteiger charge is -2.37. The fourth-order valence-electron chi connectivity index (χ4n) is 5.09. The predicted molar refractivity (Wildman–Crippen MR) is 103 cm³/mol. The van der Waals surface area contributed by atoms with Gasteiger partial charge in [0.2, 0.25) is 0 Å². The minimum atomic E-state index is -4.38. The highest BCUT2D eigenvalue weighted by Crippen LogP contribution is 2.42. The summed E-state index contributed by atoms with van der Waals surface area (Å²) in [7, 11) is 0. The normalized spacial score (nSPS) is 28.7. The van der Waals surface area contributed by atoms with Gasteiger partial charge in [0, 0.05) is 0 Å². The van der Waals surface area contributed by atoms with Gasteiger partial charge < -0.3 is 4.74 Å². The Morgan fingerprint density at radius 3 is 1.96 bits per heavy atom.